The molecular weight excluding hydrogens is 438 g/mol. The van der Waals surface area contributed by atoms with Crippen LogP contribution in [0.4, 0.5) is 0 Å². The highest BCUT2D eigenvalue weighted by Gasteiger charge is 2.28. The van der Waals surface area contributed by atoms with Crippen LogP contribution in [0, 0.1) is 17.8 Å². The summed E-state index contributed by atoms with van der Waals surface area (Å²) in [5.74, 6) is -2.78. The number of aliphatic hydroxyl groups is 2. The van der Waals surface area contributed by atoms with E-state index in [9.17, 15) is 29.4 Å². The van der Waals surface area contributed by atoms with E-state index in [1.54, 1.807) is 26.0 Å². The number of allylic oxidation sites excluding steroid dienone is 5. The number of carboxylic acids is 1. The highest BCUT2D eigenvalue weighted by Crippen LogP contribution is 2.22. The molecule has 188 valence electrons. The molecule has 0 unspecified atom stereocenters. The number of ketones is 1. The second-order valence-corrected chi connectivity index (χ2v) is 8.94. The third-order valence-corrected chi connectivity index (χ3v) is 5.68. The predicted molar refractivity (Wildman–Crippen MR) is 129 cm³/mol. The number of piperidine rings is 1. The van der Waals surface area contributed by atoms with E-state index >= 15 is 0 Å². The molecule has 0 aromatic rings. The van der Waals surface area contributed by atoms with Gasteiger partial charge in [0.05, 0.1) is 12.2 Å². The molecule has 0 aromatic carbocycles. The largest absolute Gasteiger partial charge is 0.478 e. The zero-order valence-electron chi connectivity index (χ0n) is 20.1. The maximum absolute atomic E-state index is 12.5. The standard InChI is InChI=1S/C26H37NO7/c1-17(10-8-6-4-5-7-9-11-25(32)33)26(34)19(3)12-18(2)22(29)16-21(28)13-20-14-23(30)27-24(31)15-20/h4,6,8-12,17-18,20-21,26,28,34H,5,7,13-16H2,1-3H3,(H,32,33)(H,27,30,31)/b6-4+,10-8-,11-9+,19-12+/t17-,18-,21+,26+/m0/s1. The van der Waals surface area contributed by atoms with Crippen molar-refractivity contribution in [2.45, 2.75) is 71.5 Å². The lowest BCUT2D eigenvalue weighted by Crippen LogP contribution is -2.39. The molecule has 1 rings (SSSR count). The first kappa shape index (κ1) is 29.2. The fraction of sp³-hybridized carbons (Fsp3) is 0.538. The zero-order valence-corrected chi connectivity index (χ0v) is 20.1. The molecule has 1 aliphatic rings. The number of aliphatic hydroxyl groups excluding tert-OH is 2. The van der Waals surface area contributed by atoms with Gasteiger partial charge in [-0.25, -0.2) is 4.79 Å². The average molecular weight is 476 g/mol. The van der Waals surface area contributed by atoms with Gasteiger partial charge in [0, 0.05) is 37.2 Å². The average Bonchev–Trinajstić information content (AvgIpc) is 2.73. The highest BCUT2D eigenvalue weighted by molar-refractivity contribution is 5.97. The Balaban J connectivity index is 2.48. The van der Waals surface area contributed by atoms with Crippen LogP contribution in [0.5, 0.6) is 0 Å². The van der Waals surface area contributed by atoms with Crippen LogP contribution in [-0.4, -0.2) is 51.1 Å². The van der Waals surface area contributed by atoms with Crippen molar-refractivity contribution in [3.8, 4) is 0 Å². The molecule has 0 saturated carbocycles. The summed E-state index contributed by atoms with van der Waals surface area (Å²) in [7, 11) is 0. The summed E-state index contributed by atoms with van der Waals surface area (Å²) >= 11 is 0. The molecule has 1 heterocycles. The third-order valence-electron chi connectivity index (χ3n) is 5.68. The number of Topliss-reactive ketones (excluding diaryl/α,β-unsaturated/α-hetero) is 1. The van der Waals surface area contributed by atoms with Crippen LogP contribution in [0.15, 0.2) is 48.1 Å². The molecule has 4 N–H and O–H groups in total. The van der Waals surface area contributed by atoms with Gasteiger partial charge in [0.1, 0.15) is 5.78 Å². The van der Waals surface area contributed by atoms with Gasteiger partial charge < -0.3 is 15.3 Å². The number of hydrogen-bond donors (Lipinski definition) is 4. The second kappa shape index (κ2) is 15.1. The maximum Gasteiger partial charge on any atom is 0.327 e. The van der Waals surface area contributed by atoms with E-state index in [4.69, 9.17) is 5.11 Å². The number of imide groups is 1. The van der Waals surface area contributed by atoms with Crippen molar-refractivity contribution in [1.82, 2.24) is 5.32 Å². The first-order chi connectivity index (χ1) is 16.0. The third kappa shape index (κ3) is 11.9. The van der Waals surface area contributed by atoms with Crippen molar-refractivity contribution >= 4 is 23.6 Å². The number of carbonyl (C=O) groups is 4. The molecule has 0 bridgehead atoms. The summed E-state index contributed by atoms with van der Waals surface area (Å²) in [4.78, 5) is 45.8. The number of rotatable bonds is 14. The fourth-order valence-electron chi connectivity index (χ4n) is 3.80. The van der Waals surface area contributed by atoms with Crippen LogP contribution in [0.25, 0.3) is 0 Å². The lowest BCUT2D eigenvalue weighted by Gasteiger charge is -2.23. The first-order valence-corrected chi connectivity index (χ1v) is 11.6. The Kier molecular flexibility index (Phi) is 13.0. The zero-order chi connectivity index (χ0) is 25.7. The van der Waals surface area contributed by atoms with E-state index in [1.165, 1.54) is 0 Å². The second-order valence-electron chi connectivity index (χ2n) is 8.94. The molecule has 1 fully saturated rings. The number of hydrogen-bond acceptors (Lipinski definition) is 6. The number of aliphatic carboxylic acids is 1. The molecular formula is C26H37NO7. The van der Waals surface area contributed by atoms with Gasteiger partial charge >= 0.3 is 5.97 Å². The summed E-state index contributed by atoms with van der Waals surface area (Å²) in [6.45, 7) is 5.33. The monoisotopic (exact) mass is 475 g/mol. The molecule has 2 amide bonds. The minimum atomic E-state index is -0.963. The number of nitrogens with one attached hydrogen (secondary N) is 1. The lowest BCUT2D eigenvalue weighted by atomic mass is 9.88. The van der Waals surface area contributed by atoms with Gasteiger partial charge in [-0.15, -0.1) is 0 Å². The Morgan fingerprint density at radius 1 is 1.06 bits per heavy atom. The minimum absolute atomic E-state index is 0.0742. The number of carbonyl (C=O) groups excluding carboxylic acids is 3. The minimum Gasteiger partial charge on any atom is -0.478 e. The highest BCUT2D eigenvalue weighted by atomic mass is 16.4. The van der Waals surface area contributed by atoms with E-state index in [2.05, 4.69) is 5.32 Å². The van der Waals surface area contributed by atoms with Gasteiger partial charge in [-0.1, -0.05) is 50.3 Å². The molecule has 0 aromatic heterocycles. The topological polar surface area (TPSA) is 141 Å². The Labute approximate surface area is 201 Å². The van der Waals surface area contributed by atoms with Gasteiger partial charge in [-0.2, -0.15) is 0 Å². The van der Waals surface area contributed by atoms with E-state index in [0.29, 0.717) is 18.4 Å². The molecule has 4 atom stereocenters. The van der Waals surface area contributed by atoms with E-state index in [0.717, 1.165) is 6.08 Å². The fourth-order valence-corrected chi connectivity index (χ4v) is 3.80. The quantitative estimate of drug-likeness (QED) is 0.0995. The van der Waals surface area contributed by atoms with Gasteiger partial charge in [-0.3, -0.25) is 19.7 Å². The number of amides is 2. The molecule has 0 radical (unpaired) electrons. The lowest BCUT2D eigenvalue weighted by molar-refractivity contribution is -0.135. The van der Waals surface area contributed by atoms with Crippen molar-refractivity contribution in [2.75, 3.05) is 0 Å². The first-order valence-electron chi connectivity index (χ1n) is 11.6. The predicted octanol–water partition coefficient (Wildman–Crippen LogP) is 2.86. The Bertz CT molecular complexity index is 824. The van der Waals surface area contributed by atoms with Crippen LogP contribution in [-0.2, 0) is 19.2 Å². The number of carboxylic acid groups (broad SMARTS) is 1. The van der Waals surface area contributed by atoms with Gasteiger partial charge in [0.15, 0.2) is 0 Å². The van der Waals surface area contributed by atoms with Gasteiger partial charge in [-0.05, 0) is 37.7 Å². The Morgan fingerprint density at radius 2 is 1.68 bits per heavy atom. The Hall–Kier alpha value is -2.84. The molecule has 1 aliphatic heterocycles. The summed E-state index contributed by atoms with van der Waals surface area (Å²) in [5, 5.41) is 31.6. The molecule has 1 saturated heterocycles. The van der Waals surface area contributed by atoms with E-state index < -0.39 is 24.1 Å². The smallest absolute Gasteiger partial charge is 0.327 e. The van der Waals surface area contributed by atoms with Crippen molar-refractivity contribution < 1.29 is 34.5 Å². The van der Waals surface area contributed by atoms with Crippen molar-refractivity contribution in [1.29, 1.82) is 0 Å². The van der Waals surface area contributed by atoms with Crippen LogP contribution < -0.4 is 5.32 Å². The van der Waals surface area contributed by atoms with Crippen LogP contribution >= 0.6 is 0 Å². The molecule has 8 heteroatoms. The number of unbranched alkanes of at least 4 members (excludes halogenated alkanes) is 1. The van der Waals surface area contributed by atoms with E-state index in [1.807, 2.05) is 31.2 Å². The summed E-state index contributed by atoms with van der Waals surface area (Å²) in [5.41, 5.74) is 0.657. The SMILES string of the molecule is C/C(=C\[C@H](C)C(=O)C[C@H](O)CC1CC(=O)NC(=O)C1)[C@H](O)[C@@H](C)/C=C\C=C\CC/C=C/C(=O)O. The maximum atomic E-state index is 12.5. The van der Waals surface area contributed by atoms with Gasteiger partial charge in [0.2, 0.25) is 11.8 Å². The van der Waals surface area contributed by atoms with E-state index in [-0.39, 0.29) is 55.1 Å². The van der Waals surface area contributed by atoms with Crippen LogP contribution in [0.3, 0.4) is 0 Å². The van der Waals surface area contributed by atoms with Crippen LogP contribution in [0.1, 0.15) is 59.3 Å². The molecule has 0 spiro atoms. The summed E-state index contributed by atoms with van der Waals surface area (Å²) < 4.78 is 0. The molecule has 34 heavy (non-hydrogen) atoms. The Morgan fingerprint density at radius 3 is 2.29 bits per heavy atom. The van der Waals surface area contributed by atoms with Gasteiger partial charge in [0.25, 0.3) is 0 Å². The summed E-state index contributed by atoms with van der Waals surface area (Å²) in [6.07, 6.45) is 11.9. The summed E-state index contributed by atoms with van der Waals surface area (Å²) in [6, 6.07) is 0. The van der Waals surface area contributed by atoms with Crippen LogP contribution in [0.2, 0.25) is 0 Å². The normalized spacial score (nSPS) is 19.5. The molecule has 0 aliphatic carbocycles. The van der Waals surface area contributed by atoms with Crippen molar-refractivity contribution in [3.63, 3.8) is 0 Å². The van der Waals surface area contributed by atoms with Crippen molar-refractivity contribution in [2.24, 2.45) is 17.8 Å². The molecule has 8 nitrogen and oxygen atoms in total. The van der Waals surface area contributed by atoms with Crippen molar-refractivity contribution in [3.05, 3.63) is 48.1 Å².